The minimum atomic E-state index is -2.30. The molecule has 0 N–H and O–H groups in total. The topological polar surface area (TPSA) is 0 Å². The van der Waals surface area contributed by atoms with Crippen molar-refractivity contribution in [2.24, 2.45) is 5.41 Å². The van der Waals surface area contributed by atoms with Gasteiger partial charge in [0.1, 0.15) is 0 Å². The summed E-state index contributed by atoms with van der Waals surface area (Å²) in [6.45, 7) is 6.64. The molecule has 3 heteroatoms. The van der Waals surface area contributed by atoms with E-state index in [-0.39, 0.29) is 5.41 Å². The van der Waals surface area contributed by atoms with Gasteiger partial charge in [0.05, 0.1) is 0 Å². The molecule has 0 amide bonds. The Bertz CT molecular complexity index is 469. The van der Waals surface area contributed by atoms with Crippen LogP contribution >= 0.6 is 22.2 Å². The van der Waals surface area contributed by atoms with Crippen LogP contribution < -0.4 is 0 Å². The van der Waals surface area contributed by atoms with Crippen LogP contribution in [0.15, 0.2) is 35.9 Å². The summed E-state index contributed by atoms with van der Waals surface area (Å²) in [7, 11) is 0. The van der Waals surface area contributed by atoms with Gasteiger partial charge in [0, 0.05) is 5.54 Å². The average molecular weight is 299 g/mol. The highest BCUT2D eigenvalue weighted by molar-refractivity contribution is 7.55. The summed E-state index contributed by atoms with van der Waals surface area (Å²) in [5.41, 5.74) is 3.27. The van der Waals surface area contributed by atoms with Gasteiger partial charge in [0.2, 0.25) is 0 Å². The predicted octanol–water partition coefficient (Wildman–Crippen LogP) is 5.74. The third-order valence-electron chi connectivity index (χ3n) is 3.57. The maximum atomic E-state index is 6.72. The second-order valence-corrected chi connectivity index (χ2v) is 13.0. The van der Waals surface area contributed by atoms with Crippen molar-refractivity contribution in [3.05, 3.63) is 41.5 Å². The van der Waals surface area contributed by atoms with E-state index in [1.165, 1.54) is 16.3 Å². The molecular formula is C15H20Cl2Si. The maximum Gasteiger partial charge on any atom is 0.288 e. The van der Waals surface area contributed by atoms with Crippen LogP contribution in [0.5, 0.6) is 0 Å². The number of allylic oxidation sites excluding steroid dienone is 1. The van der Waals surface area contributed by atoms with Crippen molar-refractivity contribution in [2.45, 2.75) is 39.7 Å². The molecule has 1 aliphatic heterocycles. The van der Waals surface area contributed by atoms with E-state index in [0.29, 0.717) is 5.54 Å². The first-order valence-electron chi connectivity index (χ1n) is 6.38. The molecular weight excluding hydrogens is 279 g/mol. The van der Waals surface area contributed by atoms with Crippen molar-refractivity contribution in [3.63, 3.8) is 0 Å². The van der Waals surface area contributed by atoms with Crippen LogP contribution in [0, 0.1) is 5.41 Å². The summed E-state index contributed by atoms with van der Waals surface area (Å²) in [6.07, 6.45) is 1.08. The second kappa shape index (κ2) is 4.70. The van der Waals surface area contributed by atoms with Crippen LogP contribution in [0.3, 0.4) is 0 Å². The van der Waals surface area contributed by atoms with E-state index in [1.54, 1.807) is 0 Å². The van der Waals surface area contributed by atoms with E-state index in [0.717, 1.165) is 6.42 Å². The Morgan fingerprint density at radius 2 is 1.67 bits per heavy atom. The van der Waals surface area contributed by atoms with Gasteiger partial charge < -0.3 is 0 Å². The van der Waals surface area contributed by atoms with Crippen molar-refractivity contribution in [1.82, 2.24) is 0 Å². The molecule has 0 saturated carbocycles. The van der Waals surface area contributed by atoms with Gasteiger partial charge in [-0.1, -0.05) is 56.7 Å². The highest BCUT2D eigenvalue weighted by Gasteiger charge is 2.54. The minimum absolute atomic E-state index is 0.274. The lowest BCUT2D eigenvalue weighted by molar-refractivity contribution is 0.374. The van der Waals surface area contributed by atoms with Gasteiger partial charge in [-0.15, -0.1) is 22.2 Å². The van der Waals surface area contributed by atoms with Gasteiger partial charge in [0.15, 0.2) is 0 Å². The highest BCUT2D eigenvalue weighted by Crippen LogP contribution is 2.59. The lowest BCUT2D eigenvalue weighted by Gasteiger charge is -2.44. The van der Waals surface area contributed by atoms with Crippen molar-refractivity contribution < 1.29 is 0 Å². The summed E-state index contributed by atoms with van der Waals surface area (Å²) < 4.78 is 0. The Labute approximate surface area is 120 Å². The van der Waals surface area contributed by atoms with Gasteiger partial charge >= 0.3 is 0 Å². The third kappa shape index (κ3) is 2.54. The highest BCUT2D eigenvalue weighted by atomic mass is 35.7. The van der Waals surface area contributed by atoms with Crippen LogP contribution in [0.2, 0.25) is 5.54 Å². The molecule has 2 rings (SSSR count). The smallest absolute Gasteiger partial charge is 0.139 e. The van der Waals surface area contributed by atoms with E-state index in [1.807, 2.05) is 18.2 Å². The fourth-order valence-electron chi connectivity index (χ4n) is 2.72. The van der Waals surface area contributed by atoms with Crippen LogP contribution in [0.25, 0.3) is 5.20 Å². The lowest BCUT2D eigenvalue weighted by Crippen LogP contribution is -2.42. The second-order valence-electron chi connectivity index (χ2n) is 6.36. The zero-order valence-corrected chi connectivity index (χ0v) is 13.9. The Hall–Kier alpha value is -0.243. The number of hydrogen-bond acceptors (Lipinski definition) is 0. The molecule has 0 nitrogen and oxygen atoms in total. The molecule has 98 valence electrons. The van der Waals surface area contributed by atoms with Crippen molar-refractivity contribution in [2.75, 3.05) is 0 Å². The average Bonchev–Trinajstić information content (AvgIpc) is 2.26. The molecule has 0 bridgehead atoms. The van der Waals surface area contributed by atoms with Gasteiger partial charge in [0.25, 0.3) is 6.69 Å². The number of halogens is 2. The Balaban J connectivity index is 2.34. The van der Waals surface area contributed by atoms with Crippen molar-refractivity contribution >= 4 is 34.0 Å². The summed E-state index contributed by atoms with van der Waals surface area (Å²) in [5, 5.41) is 1.24. The van der Waals surface area contributed by atoms with Crippen LogP contribution in [0.1, 0.15) is 39.7 Å². The van der Waals surface area contributed by atoms with Gasteiger partial charge in [-0.2, -0.15) is 0 Å². The Morgan fingerprint density at radius 1 is 1.11 bits per heavy atom. The zero-order valence-electron chi connectivity index (χ0n) is 11.4. The Morgan fingerprint density at radius 3 is 2.11 bits per heavy atom. The number of hydrogen-bond donors (Lipinski definition) is 0. The molecule has 1 atom stereocenters. The van der Waals surface area contributed by atoms with E-state index in [9.17, 15) is 0 Å². The monoisotopic (exact) mass is 298 g/mol. The molecule has 0 fully saturated rings. The lowest BCUT2D eigenvalue weighted by atomic mass is 9.87. The van der Waals surface area contributed by atoms with E-state index < -0.39 is 6.69 Å². The normalized spacial score (nSPS) is 22.9. The molecule has 1 aliphatic rings. The fourth-order valence-corrected chi connectivity index (χ4v) is 8.65. The van der Waals surface area contributed by atoms with Crippen molar-refractivity contribution in [1.29, 1.82) is 0 Å². The minimum Gasteiger partial charge on any atom is -0.139 e. The summed E-state index contributed by atoms with van der Waals surface area (Å²) >= 11 is 13.4. The summed E-state index contributed by atoms with van der Waals surface area (Å²) in [4.78, 5) is 0. The van der Waals surface area contributed by atoms with Crippen molar-refractivity contribution in [3.8, 4) is 0 Å². The Kier molecular flexibility index (Phi) is 3.70. The molecule has 1 unspecified atom stereocenters. The maximum absolute atomic E-state index is 6.72. The first-order valence-corrected chi connectivity index (χ1v) is 10.5. The summed E-state index contributed by atoms with van der Waals surface area (Å²) in [5.74, 6) is 0. The van der Waals surface area contributed by atoms with Crippen LogP contribution in [-0.4, -0.2) is 6.69 Å². The molecule has 1 heterocycles. The molecule has 18 heavy (non-hydrogen) atoms. The first kappa shape index (κ1) is 14.2. The van der Waals surface area contributed by atoms with Gasteiger partial charge in [-0.3, -0.25) is 0 Å². The molecule has 0 aromatic heterocycles. The molecule has 0 spiro atoms. The SMILES string of the molecule is CC1=C(c2ccccc2)[Si](Cl)(Cl)C1CC(C)(C)C. The predicted molar refractivity (Wildman–Crippen MR) is 84.3 cm³/mol. The molecule has 1 aromatic carbocycles. The standard InChI is InChI=1S/C15H20Cl2Si/c1-11-13(10-15(2,3)4)18(16,17)14(11)12-8-6-5-7-9-12/h5-9,13H,10H2,1-4H3. The fraction of sp³-hybridized carbons (Fsp3) is 0.467. The zero-order chi connectivity index (χ0) is 13.6. The molecule has 0 saturated heterocycles. The van der Waals surface area contributed by atoms with E-state index in [4.69, 9.17) is 22.2 Å². The quantitative estimate of drug-likeness (QED) is 0.482. The molecule has 1 aromatic rings. The first-order chi connectivity index (χ1) is 8.23. The van der Waals surface area contributed by atoms with Gasteiger partial charge in [-0.05, 0) is 29.5 Å². The third-order valence-corrected chi connectivity index (χ3v) is 9.14. The number of rotatable bonds is 2. The molecule has 0 aliphatic carbocycles. The van der Waals surface area contributed by atoms with Crippen LogP contribution in [0.4, 0.5) is 0 Å². The number of benzene rings is 1. The van der Waals surface area contributed by atoms with E-state index in [2.05, 4.69) is 39.8 Å². The largest absolute Gasteiger partial charge is 0.288 e. The van der Waals surface area contributed by atoms with Gasteiger partial charge in [-0.25, -0.2) is 0 Å². The molecule has 0 radical (unpaired) electrons. The van der Waals surface area contributed by atoms with E-state index >= 15 is 0 Å². The van der Waals surface area contributed by atoms with Crippen LogP contribution in [-0.2, 0) is 0 Å². The summed E-state index contributed by atoms with van der Waals surface area (Å²) in [6, 6.07) is 10.3.